The summed E-state index contributed by atoms with van der Waals surface area (Å²) >= 11 is 0. The predicted octanol–water partition coefficient (Wildman–Crippen LogP) is -0.138. The molecule has 2 aromatic heterocycles. The number of fused-ring (bicyclic) bond motifs is 1. The zero-order valence-corrected chi connectivity index (χ0v) is 14.9. The van der Waals surface area contributed by atoms with Crippen molar-refractivity contribution in [3.8, 4) is 0 Å². The van der Waals surface area contributed by atoms with Gasteiger partial charge in [-0.25, -0.2) is 9.97 Å². The van der Waals surface area contributed by atoms with Gasteiger partial charge in [0.1, 0.15) is 10.7 Å². The maximum Gasteiger partial charge on any atom is 0.161 e. The molecule has 0 aliphatic rings. The van der Waals surface area contributed by atoms with Crippen LogP contribution in [0.1, 0.15) is 0 Å². The Balaban J connectivity index is 0. The van der Waals surface area contributed by atoms with Crippen molar-refractivity contribution in [1.29, 1.82) is 0 Å². The van der Waals surface area contributed by atoms with Gasteiger partial charge in [-0.05, 0) is 24.8 Å². The Labute approximate surface area is 132 Å². The monoisotopic (exact) mass is 480 g/mol. The van der Waals surface area contributed by atoms with Crippen molar-refractivity contribution in [1.82, 2.24) is 24.8 Å². The summed E-state index contributed by atoms with van der Waals surface area (Å²) < 4.78 is 22.7. The van der Waals surface area contributed by atoms with Gasteiger partial charge in [0.15, 0.2) is 5.65 Å². The molecule has 0 spiro atoms. The van der Waals surface area contributed by atoms with E-state index in [0.29, 0.717) is 11.2 Å². The second-order valence-electron chi connectivity index (χ2n) is 2.95. The number of aromatic nitrogens is 4. The van der Waals surface area contributed by atoms with Crippen molar-refractivity contribution in [2.75, 3.05) is 14.1 Å². The fourth-order valence-corrected chi connectivity index (χ4v) is 1.29. The van der Waals surface area contributed by atoms with E-state index < -0.39 is 10.7 Å². The van der Waals surface area contributed by atoms with Gasteiger partial charge in [0.05, 0.1) is 12.5 Å². The van der Waals surface area contributed by atoms with E-state index in [1.165, 1.54) is 6.20 Å². The fourth-order valence-electron chi connectivity index (χ4n) is 0.985. The Morgan fingerprint density at radius 1 is 1.28 bits per heavy atom. The van der Waals surface area contributed by atoms with E-state index in [1.54, 1.807) is 17.9 Å². The van der Waals surface area contributed by atoms with Crippen LogP contribution in [0.2, 0.25) is 0 Å². The Morgan fingerprint density at radius 3 is 2.33 bits per heavy atom. The van der Waals surface area contributed by atoms with E-state index in [2.05, 4.69) is 20.3 Å². The zero-order valence-electron chi connectivity index (χ0n) is 9.99. The molecule has 0 fully saturated rings. The second-order valence-corrected chi connectivity index (χ2v) is 3.79. The van der Waals surface area contributed by atoms with Gasteiger partial charge in [0, 0.05) is 46.0 Å². The van der Waals surface area contributed by atoms with Crippen molar-refractivity contribution in [2.45, 2.75) is 5.16 Å². The minimum absolute atomic E-state index is 0. The SMILES string of the molecule is CNC.Cn1cnc2cnc([S-](=O)=O)nc21.[Re].[V]. The van der Waals surface area contributed by atoms with Crippen molar-refractivity contribution in [3.63, 3.8) is 0 Å². The summed E-state index contributed by atoms with van der Waals surface area (Å²) in [6.07, 6.45) is 2.93. The fraction of sp³-hybridized carbons (Fsp3) is 0.375. The van der Waals surface area contributed by atoms with Gasteiger partial charge in [-0.2, -0.15) is 0 Å². The molecule has 0 aliphatic carbocycles. The van der Waals surface area contributed by atoms with Crippen LogP contribution in [-0.4, -0.2) is 33.6 Å². The maximum atomic E-state index is 10.5. The quantitative estimate of drug-likeness (QED) is 0.453. The summed E-state index contributed by atoms with van der Waals surface area (Å²) in [4.78, 5) is 11.4. The average Bonchev–Trinajstić information content (AvgIpc) is 2.61. The van der Waals surface area contributed by atoms with Crippen molar-refractivity contribution >= 4 is 21.9 Å². The molecule has 0 saturated heterocycles. The number of nitrogens with zero attached hydrogens (tertiary/aromatic N) is 4. The largest absolute Gasteiger partial charge is 0.417 e. The zero-order chi connectivity index (χ0) is 12.1. The molecule has 0 saturated carbocycles. The van der Waals surface area contributed by atoms with Crippen LogP contribution in [-0.2, 0) is 65.1 Å². The van der Waals surface area contributed by atoms with Gasteiger partial charge in [-0.1, -0.05) is 0 Å². The molecule has 100 valence electrons. The predicted molar refractivity (Wildman–Crippen MR) is 58.3 cm³/mol. The molecule has 18 heavy (non-hydrogen) atoms. The molecule has 2 rings (SSSR count). The van der Waals surface area contributed by atoms with Crippen LogP contribution in [0.3, 0.4) is 0 Å². The third kappa shape index (κ3) is 5.14. The van der Waals surface area contributed by atoms with Gasteiger partial charge < -0.3 is 18.3 Å². The number of nitrogens with one attached hydrogen (secondary N) is 1. The van der Waals surface area contributed by atoms with E-state index >= 15 is 0 Å². The standard InChI is InChI=1S/C6H5N4O2S.C2H7N.Re.V/c1-10-3-8-4-2-7-6(13(11)12)9-5(4)10;1-3-2;;/h2-3H,1H3;3H,1-2H3;;/q-1;;;. The average molecular weight is 479 g/mol. The summed E-state index contributed by atoms with van der Waals surface area (Å²) in [5.41, 5.74) is 1.09. The van der Waals surface area contributed by atoms with E-state index in [9.17, 15) is 8.42 Å². The van der Waals surface area contributed by atoms with Gasteiger partial charge in [0.25, 0.3) is 0 Å². The van der Waals surface area contributed by atoms with Crippen LogP contribution in [0.5, 0.6) is 0 Å². The molecule has 0 aliphatic heterocycles. The number of imidazole rings is 1. The summed E-state index contributed by atoms with van der Waals surface area (Å²) in [5, 5.41) is 2.54. The van der Waals surface area contributed by atoms with Crippen LogP contribution in [0.15, 0.2) is 17.7 Å². The molecule has 10 heteroatoms. The molecule has 0 unspecified atom stereocenters. The number of hydrogen-bond acceptors (Lipinski definition) is 7. The van der Waals surface area contributed by atoms with Crippen molar-refractivity contribution in [2.24, 2.45) is 7.05 Å². The molecule has 2 aromatic rings. The van der Waals surface area contributed by atoms with E-state index in [-0.39, 0.29) is 44.1 Å². The van der Waals surface area contributed by atoms with Gasteiger partial charge in [-0.15, -0.1) is 0 Å². The molecule has 0 amide bonds. The van der Waals surface area contributed by atoms with Crippen LogP contribution in [0, 0.1) is 0 Å². The van der Waals surface area contributed by atoms with Gasteiger partial charge >= 0.3 is 0 Å². The summed E-state index contributed by atoms with van der Waals surface area (Å²) in [7, 11) is 3.10. The van der Waals surface area contributed by atoms with Crippen LogP contribution < -0.4 is 5.32 Å². The van der Waals surface area contributed by atoms with E-state index in [4.69, 9.17) is 0 Å². The number of aryl methyl sites for hydroxylation is 1. The Bertz CT molecular complexity index is 551. The molecule has 0 bridgehead atoms. The molecule has 1 N–H and O–H groups in total. The van der Waals surface area contributed by atoms with Crippen LogP contribution >= 0.6 is 0 Å². The third-order valence-electron chi connectivity index (χ3n) is 1.58. The number of hydrogen-bond donors (Lipinski definition) is 1. The van der Waals surface area contributed by atoms with Gasteiger partial charge in [0.2, 0.25) is 0 Å². The van der Waals surface area contributed by atoms with Crippen LogP contribution in [0.25, 0.3) is 11.2 Å². The Morgan fingerprint density at radius 2 is 1.83 bits per heavy atom. The van der Waals surface area contributed by atoms with Crippen molar-refractivity contribution < 1.29 is 47.4 Å². The molecule has 7 nitrogen and oxygen atoms in total. The van der Waals surface area contributed by atoms with Crippen LogP contribution in [0.4, 0.5) is 0 Å². The second kappa shape index (κ2) is 9.61. The molecule has 2 heterocycles. The molecular formula is C8H12N5O2ReSV-. The first-order valence-corrected chi connectivity index (χ1v) is 5.49. The maximum absolute atomic E-state index is 10.5. The first kappa shape index (κ1) is 20.0. The summed E-state index contributed by atoms with van der Waals surface area (Å²) in [6.45, 7) is 0. The number of rotatable bonds is 1. The first-order chi connectivity index (χ1) is 7.60. The Hall–Kier alpha value is -0.293. The topological polar surface area (TPSA) is 89.8 Å². The van der Waals surface area contributed by atoms with E-state index in [1.807, 2.05) is 14.1 Å². The van der Waals surface area contributed by atoms with E-state index in [0.717, 1.165) is 0 Å². The summed E-state index contributed by atoms with van der Waals surface area (Å²) in [5.74, 6) is 0. The molecule has 0 atom stereocenters. The smallest absolute Gasteiger partial charge is 0.161 e. The minimum Gasteiger partial charge on any atom is -0.417 e. The van der Waals surface area contributed by atoms with Crippen molar-refractivity contribution in [3.05, 3.63) is 12.5 Å². The normalized spacial score (nSPS) is 9.11. The molecule has 2 radical (unpaired) electrons. The Kier molecular flexibility index (Phi) is 10.7. The summed E-state index contributed by atoms with van der Waals surface area (Å²) in [6, 6.07) is 0. The molecule has 0 aromatic carbocycles. The molecular weight excluding hydrogens is 467 g/mol. The van der Waals surface area contributed by atoms with Gasteiger partial charge in [-0.3, -0.25) is 4.98 Å². The first-order valence-electron chi connectivity index (χ1n) is 4.42. The minimum atomic E-state index is -2.39. The third-order valence-corrected chi connectivity index (χ3v) is 2.08.